The standard InChI is InChI=1S/C23H22N4OS/c24-12-15-3-4-19-16(8-15)13-25-27(19)14-23-9-17(10-23)18(11-23)22(28)26-6-5-20(26)21-2-1-7-29-21/h1-4,7-8,13,17-18,20H,5-6,9-11,14H2/t17?,18-,20?,23?/m0/s1. The van der Waals surface area contributed by atoms with Crippen LogP contribution in [-0.4, -0.2) is 27.1 Å². The zero-order valence-electron chi connectivity index (χ0n) is 16.1. The van der Waals surface area contributed by atoms with Crippen LogP contribution in [0.15, 0.2) is 41.9 Å². The molecule has 7 rings (SSSR count). The zero-order chi connectivity index (χ0) is 19.6. The molecule has 3 aliphatic carbocycles. The van der Waals surface area contributed by atoms with E-state index in [1.54, 1.807) is 11.3 Å². The number of amides is 1. The van der Waals surface area contributed by atoms with Crippen LogP contribution in [0, 0.1) is 28.6 Å². The van der Waals surface area contributed by atoms with E-state index in [-0.39, 0.29) is 11.3 Å². The summed E-state index contributed by atoms with van der Waals surface area (Å²) in [5, 5.41) is 16.8. The summed E-state index contributed by atoms with van der Waals surface area (Å²) < 4.78 is 2.08. The molecule has 5 nitrogen and oxygen atoms in total. The quantitative estimate of drug-likeness (QED) is 0.651. The Morgan fingerprint density at radius 3 is 2.93 bits per heavy atom. The van der Waals surface area contributed by atoms with Crippen molar-refractivity contribution >= 4 is 28.1 Å². The number of carbonyl (C=O) groups excluding carboxylic acids is 1. The maximum Gasteiger partial charge on any atom is 0.226 e. The Morgan fingerprint density at radius 2 is 2.21 bits per heavy atom. The molecule has 1 amide bonds. The molecular formula is C23H22N4OS. The number of likely N-dealkylation sites (tertiary alicyclic amines) is 1. The van der Waals surface area contributed by atoms with E-state index in [4.69, 9.17) is 5.26 Å². The average Bonchev–Trinajstić information content (AvgIpc) is 3.44. The Labute approximate surface area is 173 Å². The van der Waals surface area contributed by atoms with Gasteiger partial charge in [0.25, 0.3) is 0 Å². The highest BCUT2D eigenvalue weighted by Crippen LogP contribution is 2.63. The van der Waals surface area contributed by atoms with Crippen LogP contribution in [0.3, 0.4) is 0 Å². The van der Waals surface area contributed by atoms with Gasteiger partial charge in [-0.15, -0.1) is 11.3 Å². The molecule has 1 unspecified atom stereocenters. The predicted molar refractivity (Wildman–Crippen MR) is 111 cm³/mol. The molecule has 3 heterocycles. The number of hydrogen-bond donors (Lipinski definition) is 0. The van der Waals surface area contributed by atoms with E-state index in [2.05, 4.69) is 38.3 Å². The van der Waals surface area contributed by atoms with Crippen molar-refractivity contribution in [3.8, 4) is 6.07 Å². The minimum absolute atomic E-state index is 0.185. The summed E-state index contributed by atoms with van der Waals surface area (Å²) in [6.07, 6.45) is 6.21. The van der Waals surface area contributed by atoms with Crippen molar-refractivity contribution in [3.05, 3.63) is 52.3 Å². The van der Waals surface area contributed by atoms with Gasteiger partial charge in [-0.05, 0) is 66.7 Å². The maximum atomic E-state index is 13.3. The fourth-order valence-electron chi connectivity index (χ4n) is 5.86. The highest BCUT2D eigenvalue weighted by molar-refractivity contribution is 7.10. The second kappa shape index (κ2) is 6.17. The van der Waals surface area contributed by atoms with Crippen LogP contribution in [-0.2, 0) is 11.3 Å². The molecule has 4 fully saturated rings. The summed E-state index contributed by atoms with van der Waals surface area (Å²) in [6, 6.07) is 12.5. The average molecular weight is 403 g/mol. The van der Waals surface area contributed by atoms with Gasteiger partial charge in [0.2, 0.25) is 5.91 Å². The maximum absolute atomic E-state index is 13.3. The molecule has 2 bridgehead atoms. The minimum Gasteiger partial charge on any atom is -0.334 e. The summed E-state index contributed by atoms with van der Waals surface area (Å²) in [7, 11) is 0. The second-order valence-electron chi connectivity index (χ2n) is 9.02. The van der Waals surface area contributed by atoms with Crippen LogP contribution in [0.25, 0.3) is 10.9 Å². The molecule has 0 N–H and O–H groups in total. The molecule has 2 atom stereocenters. The minimum atomic E-state index is 0.185. The van der Waals surface area contributed by atoms with Crippen LogP contribution >= 0.6 is 11.3 Å². The summed E-state index contributed by atoms with van der Waals surface area (Å²) in [5.74, 6) is 1.10. The zero-order valence-corrected chi connectivity index (χ0v) is 16.9. The number of benzene rings is 1. The number of hydrogen-bond acceptors (Lipinski definition) is 4. The number of aromatic nitrogens is 2. The molecule has 3 saturated carbocycles. The number of nitriles is 1. The molecule has 29 heavy (non-hydrogen) atoms. The van der Waals surface area contributed by atoms with Gasteiger partial charge in [0.05, 0.1) is 29.4 Å². The van der Waals surface area contributed by atoms with Crippen molar-refractivity contribution in [1.29, 1.82) is 5.26 Å². The third-order valence-electron chi connectivity index (χ3n) is 7.36. The molecule has 146 valence electrons. The van der Waals surface area contributed by atoms with Gasteiger partial charge in [-0.1, -0.05) is 6.07 Å². The summed E-state index contributed by atoms with van der Waals surface area (Å²) in [6.45, 7) is 1.78. The number of fused-ring (bicyclic) bond motifs is 2. The molecule has 3 aromatic rings. The van der Waals surface area contributed by atoms with Crippen LogP contribution in [0.2, 0.25) is 0 Å². The van der Waals surface area contributed by atoms with E-state index in [0.717, 1.165) is 49.7 Å². The first-order chi connectivity index (χ1) is 14.2. The van der Waals surface area contributed by atoms with Gasteiger partial charge in [0, 0.05) is 29.3 Å². The molecule has 0 spiro atoms. The van der Waals surface area contributed by atoms with Crippen LogP contribution in [0.5, 0.6) is 0 Å². The number of nitrogens with zero attached hydrogens (tertiary/aromatic N) is 4. The van der Waals surface area contributed by atoms with Crippen molar-refractivity contribution in [2.45, 2.75) is 38.3 Å². The largest absolute Gasteiger partial charge is 0.334 e. The van der Waals surface area contributed by atoms with Crippen molar-refractivity contribution in [1.82, 2.24) is 14.7 Å². The SMILES string of the molecule is N#Cc1ccc2c(cnn2CC23CC(C2)[C@@H](C(=O)N2CCC2c2cccs2)C3)c1. The van der Waals surface area contributed by atoms with Gasteiger partial charge in [0.15, 0.2) is 0 Å². The van der Waals surface area contributed by atoms with Crippen LogP contribution in [0.4, 0.5) is 0 Å². The Morgan fingerprint density at radius 1 is 1.31 bits per heavy atom. The second-order valence-corrected chi connectivity index (χ2v) is 10.00. The number of thiophene rings is 1. The monoisotopic (exact) mass is 402 g/mol. The smallest absolute Gasteiger partial charge is 0.226 e. The first-order valence-corrected chi connectivity index (χ1v) is 11.2. The molecule has 2 aromatic heterocycles. The molecular weight excluding hydrogens is 380 g/mol. The molecule has 0 radical (unpaired) electrons. The third kappa shape index (κ3) is 2.57. The van der Waals surface area contributed by atoms with Crippen molar-refractivity contribution in [2.75, 3.05) is 6.54 Å². The Balaban J connectivity index is 1.18. The highest BCUT2D eigenvalue weighted by Gasteiger charge is 2.59. The molecule has 1 aromatic carbocycles. The van der Waals surface area contributed by atoms with Gasteiger partial charge >= 0.3 is 0 Å². The normalized spacial score (nSPS) is 30.0. The lowest BCUT2D eigenvalue weighted by Gasteiger charge is -2.43. The predicted octanol–water partition coefficient (Wildman–Crippen LogP) is 4.36. The topological polar surface area (TPSA) is 61.9 Å². The van der Waals surface area contributed by atoms with Crippen molar-refractivity contribution in [3.63, 3.8) is 0 Å². The van der Waals surface area contributed by atoms with E-state index in [1.807, 2.05) is 24.4 Å². The summed E-state index contributed by atoms with van der Waals surface area (Å²) >= 11 is 1.76. The summed E-state index contributed by atoms with van der Waals surface area (Å²) in [5.41, 5.74) is 1.96. The van der Waals surface area contributed by atoms with E-state index < -0.39 is 0 Å². The van der Waals surface area contributed by atoms with Crippen molar-refractivity contribution < 1.29 is 4.79 Å². The Hall–Kier alpha value is -2.65. The number of carbonyl (C=O) groups is 1. The lowest BCUT2D eigenvalue weighted by Crippen LogP contribution is -2.47. The lowest BCUT2D eigenvalue weighted by atomic mass is 9.69. The van der Waals surface area contributed by atoms with Gasteiger partial charge in [0.1, 0.15) is 0 Å². The Bertz CT molecular complexity index is 1140. The van der Waals surface area contributed by atoms with Gasteiger partial charge in [-0.25, -0.2) is 0 Å². The first-order valence-electron chi connectivity index (χ1n) is 10.4. The Kier molecular flexibility index (Phi) is 3.67. The van der Waals surface area contributed by atoms with Gasteiger partial charge in [-0.2, -0.15) is 10.4 Å². The van der Waals surface area contributed by atoms with Gasteiger partial charge in [-0.3, -0.25) is 9.48 Å². The van der Waals surface area contributed by atoms with E-state index in [0.29, 0.717) is 23.4 Å². The third-order valence-corrected chi connectivity index (χ3v) is 8.33. The van der Waals surface area contributed by atoms with Gasteiger partial charge < -0.3 is 4.90 Å². The first kappa shape index (κ1) is 17.2. The van der Waals surface area contributed by atoms with E-state index in [9.17, 15) is 4.79 Å². The molecule has 6 heteroatoms. The van der Waals surface area contributed by atoms with Crippen LogP contribution < -0.4 is 0 Å². The summed E-state index contributed by atoms with van der Waals surface area (Å²) in [4.78, 5) is 16.7. The van der Waals surface area contributed by atoms with E-state index >= 15 is 0 Å². The molecule has 4 aliphatic rings. The van der Waals surface area contributed by atoms with Crippen molar-refractivity contribution in [2.24, 2.45) is 17.3 Å². The highest BCUT2D eigenvalue weighted by atomic mass is 32.1. The van der Waals surface area contributed by atoms with Crippen LogP contribution in [0.1, 0.15) is 42.2 Å². The lowest BCUT2D eigenvalue weighted by molar-refractivity contribution is -0.144. The fourth-order valence-corrected chi connectivity index (χ4v) is 6.73. The molecule has 1 saturated heterocycles. The van der Waals surface area contributed by atoms with E-state index in [1.165, 1.54) is 4.88 Å². The number of rotatable bonds is 4. The fraction of sp³-hybridized carbons (Fsp3) is 0.435. The molecule has 1 aliphatic heterocycles.